The highest BCUT2D eigenvalue weighted by Gasteiger charge is 2.30. The molecule has 1 saturated heterocycles. The molecule has 1 aliphatic heterocycles. The summed E-state index contributed by atoms with van der Waals surface area (Å²) >= 11 is 0. The lowest BCUT2D eigenvalue weighted by Gasteiger charge is -2.33. The van der Waals surface area contributed by atoms with E-state index >= 15 is 0 Å². The zero-order chi connectivity index (χ0) is 16.9. The van der Waals surface area contributed by atoms with Crippen LogP contribution in [0.3, 0.4) is 0 Å². The van der Waals surface area contributed by atoms with Crippen LogP contribution in [0.4, 0.5) is 10.5 Å². The number of para-hydroxylation sites is 1. The topological polar surface area (TPSA) is 87.5 Å². The standard InChI is InChI=1S/C18H26N4O2.ClH/c19-14-7-6-13(12-14)17(23)20-16-8-10-22(11-9-16)18(24)21-15-4-2-1-3-5-15;/h1-5,13-14,16H,6-12,19H2,(H,20,23)(H,21,24);1H. The Morgan fingerprint density at radius 2 is 1.72 bits per heavy atom. The summed E-state index contributed by atoms with van der Waals surface area (Å²) in [7, 11) is 0. The van der Waals surface area contributed by atoms with E-state index in [0.29, 0.717) is 13.1 Å². The van der Waals surface area contributed by atoms with Crippen molar-refractivity contribution in [3.8, 4) is 0 Å². The molecule has 2 fully saturated rings. The molecular weight excluding hydrogens is 340 g/mol. The number of nitrogens with one attached hydrogen (secondary N) is 2. The summed E-state index contributed by atoms with van der Waals surface area (Å²) < 4.78 is 0. The Morgan fingerprint density at radius 1 is 1.04 bits per heavy atom. The fourth-order valence-electron chi connectivity index (χ4n) is 3.52. The van der Waals surface area contributed by atoms with E-state index in [9.17, 15) is 9.59 Å². The predicted molar refractivity (Wildman–Crippen MR) is 101 cm³/mol. The highest BCUT2D eigenvalue weighted by molar-refractivity contribution is 5.89. The lowest BCUT2D eigenvalue weighted by molar-refractivity contribution is -0.125. The van der Waals surface area contributed by atoms with Crippen molar-refractivity contribution in [2.45, 2.75) is 44.2 Å². The first-order valence-electron chi connectivity index (χ1n) is 8.79. The van der Waals surface area contributed by atoms with Crippen LogP contribution in [0.15, 0.2) is 30.3 Å². The van der Waals surface area contributed by atoms with Crippen molar-refractivity contribution in [2.75, 3.05) is 18.4 Å². The zero-order valence-corrected chi connectivity index (χ0v) is 15.1. The Morgan fingerprint density at radius 3 is 2.32 bits per heavy atom. The fourth-order valence-corrected chi connectivity index (χ4v) is 3.52. The second-order valence-corrected chi connectivity index (χ2v) is 6.84. The van der Waals surface area contributed by atoms with E-state index in [1.165, 1.54) is 0 Å². The van der Waals surface area contributed by atoms with Gasteiger partial charge in [-0.05, 0) is 44.2 Å². The maximum absolute atomic E-state index is 12.3. The second kappa shape index (κ2) is 9.06. The Balaban J connectivity index is 0.00000225. The normalized spacial score (nSPS) is 23.6. The Labute approximate surface area is 154 Å². The van der Waals surface area contributed by atoms with Crippen molar-refractivity contribution in [1.29, 1.82) is 0 Å². The molecule has 1 aromatic carbocycles. The van der Waals surface area contributed by atoms with Crippen molar-refractivity contribution >= 4 is 30.0 Å². The minimum absolute atomic E-state index is 0. The fraction of sp³-hybridized carbons (Fsp3) is 0.556. The van der Waals surface area contributed by atoms with Crippen LogP contribution in [0.5, 0.6) is 0 Å². The summed E-state index contributed by atoms with van der Waals surface area (Å²) in [5, 5.41) is 6.04. The average Bonchev–Trinajstić information content (AvgIpc) is 3.03. The number of likely N-dealkylation sites (tertiary alicyclic amines) is 1. The van der Waals surface area contributed by atoms with E-state index in [2.05, 4.69) is 10.6 Å². The third-order valence-electron chi connectivity index (χ3n) is 5.00. The van der Waals surface area contributed by atoms with Crippen LogP contribution in [-0.2, 0) is 4.79 Å². The summed E-state index contributed by atoms with van der Waals surface area (Å²) in [4.78, 5) is 26.3. The SMILES string of the molecule is Cl.NC1CCC(C(=O)NC2CCN(C(=O)Nc3ccccc3)CC2)C1. The van der Waals surface area contributed by atoms with Gasteiger partial charge < -0.3 is 21.3 Å². The van der Waals surface area contributed by atoms with Crippen LogP contribution in [-0.4, -0.2) is 42.0 Å². The van der Waals surface area contributed by atoms with Crippen LogP contribution < -0.4 is 16.4 Å². The van der Waals surface area contributed by atoms with Gasteiger partial charge in [-0.1, -0.05) is 18.2 Å². The molecule has 1 aliphatic carbocycles. The quantitative estimate of drug-likeness (QED) is 0.767. The van der Waals surface area contributed by atoms with Crippen LogP contribution in [0, 0.1) is 5.92 Å². The molecule has 1 saturated carbocycles. The van der Waals surface area contributed by atoms with Gasteiger partial charge in [0, 0.05) is 36.8 Å². The van der Waals surface area contributed by atoms with Crippen molar-refractivity contribution in [3.05, 3.63) is 30.3 Å². The number of nitrogens with zero attached hydrogens (tertiary/aromatic N) is 1. The van der Waals surface area contributed by atoms with Crippen molar-refractivity contribution in [2.24, 2.45) is 11.7 Å². The molecule has 138 valence electrons. The van der Waals surface area contributed by atoms with Gasteiger partial charge in [0.25, 0.3) is 0 Å². The number of hydrogen-bond acceptors (Lipinski definition) is 3. The Hall–Kier alpha value is -1.79. The van der Waals surface area contributed by atoms with Gasteiger partial charge in [0.05, 0.1) is 0 Å². The average molecular weight is 367 g/mol. The molecule has 3 amide bonds. The summed E-state index contributed by atoms with van der Waals surface area (Å²) in [6.07, 6.45) is 4.23. The minimum atomic E-state index is -0.0762. The van der Waals surface area contributed by atoms with Gasteiger partial charge in [0.15, 0.2) is 0 Å². The zero-order valence-electron chi connectivity index (χ0n) is 14.3. The number of carbonyl (C=O) groups is 2. The largest absolute Gasteiger partial charge is 0.353 e. The molecule has 2 aliphatic rings. The third kappa shape index (κ3) is 5.34. The number of benzene rings is 1. The van der Waals surface area contributed by atoms with Gasteiger partial charge >= 0.3 is 6.03 Å². The lowest BCUT2D eigenvalue weighted by atomic mass is 10.0. The van der Waals surface area contributed by atoms with Gasteiger partial charge in [0.1, 0.15) is 0 Å². The number of piperidine rings is 1. The molecule has 0 radical (unpaired) electrons. The minimum Gasteiger partial charge on any atom is -0.353 e. The molecule has 3 rings (SSSR count). The monoisotopic (exact) mass is 366 g/mol. The summed E-state index contributed by atoms with van der Waals surface area (Å²) in [6, 6.07) is 9.71. The van der Waals surface area contributed by atoms with E-state index in [0.717, 1.165) is 37.8 Å². The maximum Gasteiger partial charge on any atom is 0.321 e. The highest BCUT2D eigenvalue weighted by atomic mass is 35.5. The predicted octanol–water partition coefficient (Wildman–Crippen LogP) is 2.35. The molecule has 4 N–H and O–H groups in total. The summed E-state index contributed by atoms with van der Waals surface area (Å²) in [5.41, 5.74) is 6.68. The molecule has 0 spiro atoms. The molecule has 1 heterocycles. The van der Waals surface area contributed by atoms with Crippen molar-refractivity contribution in [3.63, 3.8) is 0 Å². The van der Waals surface area contributed by atoms with E-state index in [1.807, 2.05) is 30.3 Å². The van der Waals surface area contributed by atoms with Crippen molar-refractivity contribution < 1.29 is 9.59 Å². The number of hydrogen-bond donors (Lipinski definition) is 3. The number of halogens is 1. The first-order valence-corrected chi connectivity index (χ1v) is 8.79. The van der Waals surface area contributed by atoms with E-state index in [4.69, 9.17) is 5.73 Å². The van der Waals surface area contributed by atoms with Crippen molar-refractivity contribution in [1.82, 2.24) is 10.2 Å². The summed E-state index contributed by atoms with van der Waals surface area (Å²) in [5.74, 6) is 0.203. The molecule has 1 aromatic rings. The molecule has 2 unspecified atom stereocenters. The summed E-state index contributed by atoms with van der Waals surface area (Å²) in [6.45, 7) is 1.32. The van der Waals surface area contributed by atoms with E-state index in [1.54, 1.807) is 4.90 Å². The van der Waals surface area contributed by atoms with E-state index < -0.39 is 0 Å². The first kappa shape index (κ1) is 19.5. The highest BCUT2D eigenvalue weighted by Crippen LogP contribution is 2.24. The number of rotatable bonds is 3. The van der Waals surface area contributed by atoms with Gasteiger partial charge in [0.2, 0.25) is 5.91 Å². The van der Waals surface area contributed by atoms with Crippen LogP contribution in [0.2, 0.25) is 0 Å². The molecule has 6 nitrogen and oxygen atoms in total. The molecular formula is C18H27ClN4O2. The molecule has 2 atom stereocenters. The van der Waals surface area contributed by atoms with Gasteiger partial charge in [-0.2, -0.15) is 0 Å². The van der Waals surface area contributed by atoms with Crippen LogP contribution >= 0.6 is 12.4 Å². The van der Waals surface area contributed by atoms with Gasteiger partial charge in [-0.25, -0.2) is 4.79 Å². The number of urea groups is 1. The maximum atomic E-state index is 12.3. The molecule has 25 heavy (non-hydrogen) atoms. The van der Waals surface area contributed by atoms with Crippen LogP contribution in [0.25, 0.3) is 0 Å². The lowest BCUT2D eigenvalue weighted by Crippen LogP contribution is -2.48. The van der Waals surface area contributed by atoms with Gasteiger partial charge in [-0.3, -0.25) is 4.79 Å². The third-order valence-corrected chi connectivity index (χ3v) is 5.00. The van der Waals surface area contributed by atoms with Gasteiger partial charge in [-0.15, -0.1) is 12.4 Å². The molecule has 0 bridgehead atoms. The molecule has 7 heteroatoms. The Bertz CT molecular complexity index is 576. The number of carbonyl (C=O) groups excluding carboxylic acids is 2. The Kier molecular flexibility index (Phi) is 7.08. The smallest absolute Gasteiger partial charge is 0.321 e. The second-order valence-electron chi connectivity index (χ2n) is 6.84. The number of anilines is 1. The van der Waals surface area contributed by atoms with Crippen LogP contribution in [0.1, 0.15) is 32.1 Å². The number of nitrogens with two attached hydrogens (primary N) is 1. The number of amides is 3. The van der Waals surface area contributed by atoms with E-state index in [-0.39, 0.29) is 42.3 Å². The first-order chi connectivity index (χ1) is 11.6. The molecule has 0 aromatic heterocycles.